The number of allylic oxidation sites excluding steroid dienone is 1. The van der Waals surface area contributed by atoms with Gasteiger partial charge in [0.15, 0.2) is 0 Å². The molecule has 0 saturated heterocycles. The van der Waals surface area contributed by atoms with Crippen molar-refractivity contribution in [2.45, 2.75) is 19.3 Å². The number of aromatic nitrogens is 3. The maximum Gasteiger partial charge on any atom is 0.235 e. The molecule has 0 aliphatic heterocycles. The maximum absolute atomic E-state index is 5.25. The molecule has 3 nitrogen and oxygen atoms in total. The van der Waals surface area contributed by atoms with Crippen molar-refractivity contribution in [2.75, 3.05) is 0 Å². The minimum Gasteiger partial charge on any atom is -0.278 e. The molecule has 0 fully saturated rings. The van der Waals surface area contributed by atoms with E-state index < -0.39 is 0 Å². The Kier molecular flexibility index (Phi) is 5.45. The zero-order valence-corrected chi connectivity index (χ0v) is 27.8. The van der Waals surface area contributed by atoms with Crippen LogP contribution in [0.3, 0.4) is 0 Å². The Morgan fingerprint density at radius 2 is 1.20 bits per heavy atom. The molecule has 3 heteroatoms. The Labute approximate surface area is 289 Å². The Hall–Kier alpha value is -6.32. The highest BCUT2D eigenvalue weighted by molar-refractivity contribution is 6.22. The van der Waals surface area contributed by atoms with Crippen molar-refractivity contribution in [3.8, 4) is 28.3 Å². The van der Waals surface area contributed by atoms with Crippen LogP contribution in [0.5, 0.6) is 0 Å². The number of nitrogens with zero attached hydrogens (tertiary/aromatic N) is 3. The Morgan fingerprint density at radius 1 is 0.500 bits per heavy atom. The van der Waals surface area contributed by atoms with Gasteiger partial charge < -0.3 is 0 Å². The van der Waals surface area contributed by atoms with E-state index in [1.165, 1.54) is 66.1 Å². The van der Waals surface area contributed by atoms with Gasteiger partial charge in [-0.3, -0.25) is 4.57 Å². The number of fused-ring (bicyclic) bond motifs is 8. The Bertz CT molecular complexity index is 2940. The molecule has 0 radical (unpaired) electrons. The monoisotopic (exact) mass is 637 g/mol. The van der Waals surface area contributed by atoms with Crippen molar-refractivity contribution < 1.29 is 0 Å². The molecule has 11 rings (SSSR count). The van der Waals surface area contributed by atoms with Crippen LogP contribution in [0.4, 0.5) is 0 Å². The summed E-state index contributed by atoms with van der Waals surface area (Å²) in [4.78, 5) is 10.4. The third-order valence-corrected chi connectivity index (χ3v) is 11.1. The molecule has 0 unspecified atom stereocenters. The summed E-state index contributed by atoms with van der Waals surface area (Å²) in [6.45, 7) is 4.79. The summed E-state index contributed by atoms with van der Waals surface area (Å²) >= 11 is 0. The maximum atomic E-state index is 5.25. The molecule has 2 heterocycles. The van der Waals surface area contributed by atoms with Crippen molar-refractivity contribution in [3.63, 3.8) is 0 Å². The first-order valence-corrected chi connectivity index (χ1v) is 17.3. The SMILES string of the molecule is CC1(C)C2=C(c3ccc(-c4ccc5c(c4)c4ccccc4n5-c4nc(-c5ccccc5)c5ccccc5n4)cc31)c1cccc3cccc2c13. The molecule has 2 aliphatic rings. The molecule has 0 spiro atoms. The van der Waals surface area contributed by atoms with Gasteiger partial charge in [0.05, 0.1) is 22.2 Å². The van der Waals surface area contributed by atoms with Crippen molar-refractivity contribution in [3.05, 3.63) is 174 Å². The van der Waals surface area contributed by atoms with Crippen LogP contribution >= 0.6 is 0 Å². The van der Waals surface area contributed by atoms with E-state index in [9.17, 15) is 0 Å². The third-order valence-electron chi connectivity index (χ3n) is 11.1. The average molecular weight is 638 g/mol. The van der Waals surface area contributed by atoms with E-state index in [2.05, 4.69) is 158 Å². The summed E-state index contributed by atoms with van der Waals surface area (Å²) in [6, 6.07) is 54.8. The number of hydrogen-bond acceptors (Lipinski definition) is 2. The van der Waals surface area contributed by atoms with Crippen LogP contribution in [-0.2, 0) is 5.41 Å². The van der Waals surface area contributed by atoms with Gasteiger partial charge in [0.1, 0.15) is 0 Å². The molecule has 0 atom stereocenters. The van der Waals surface area contributed by atoms with Crippen molar-refractivity contribution in [2.24, 2.45) is 0 Å². The Balaban J connectivity index is 1.08. The average Bonchev–Trinajstić information content (AvgIpc) is 3.76. The van der Waals surface area contributed by atoms with Crippen LogP contribution in [0.2, 0.25) is 0 Å². The van der Waals surface area contributed by atoms with Gasteiger partial charge in [0.2, 0.25) is 5.95 Å². The van der Waals surface area contributed by atoms with Crippen LogP contribution in [-0.4, -0.2) is 14.5 Å². The highest BCUT2D eigenvalue weighted by Crippen LogP contribution is 2.59. The zero-order valence-electron chi connectivity index (χ0n) is 27.8. The van der Waals surface area contributed by atoms with Crippen LogP contribution in [0.1, 0.15) is 36.1 Å². The second-order valence-electron chi connectivity index (χ2n) is 14.2. The molecule has 0 amide bonds. The minimum atomic E-state index is -0.113. The van der Waals surface area contributed by atoms with Crippen LogP contribution in [0, 0.1) is 0 Å². The quantitative estimate of drug-likeness (QED) is 0.193. The number of benzene rings is 7. The molecule has 9 aromatic rings. The van der Waals surface area contributed by atoms with E-state index >= 15 is 0 Å². The van der Waals surface area contributed by atoms with E-state index in [0.717, 1.165) is 33.2 Å². The number of para-hydroxylation sites is 2. The summed E-state index contributed by atoms with van der Waals surface area (Å²) in [5.41, 5.74) is 15.8. The first-order valence-electron chi connectivity index (χ1n) is 17.3. The van der Waals surface area contributed by atoms with Crippen LogP contribution in [0.25, 0.3) is 83.0 Å². The lowest BCUT2D eigenvalue weighted by Gasteiger charge is -2.25. The molecule has 50 heavy (non-hydrogen) atoms. The van der Waals surface area contributed by atoms with Crippen molar-refractivity contribution in [1.82, 2.24) is 14.5 Å². The normalized spacial score (nSPS) is 14.3. The second kappa shape index (κ2) is 9.87. The molecular weight excluding hydrogens is 607 g/mol. The van der Waals surface area contributed by atoms with Gasteiger partial charge >= 0.3 is 0 Å². The first-order chi connectivity index (χ1) is 24.6. The van der Waals surface area contributed by atoms with Crippen molar-refractivity contribution >= 4 is 54.6 Å². The fraction of sp³-hybridized carbons (Fsp3) is 0.0638. The highest BCUT2D eigenvalue weighted by Gasteiger charge is 2.43. The van der Waals surface area contributed by atoms with Gasteiger partial charge in [-0.25, -0.2) is 9.97 Å². The van der Waals surface area contributed by atoms with Crippen LogP contribution < -0.4 is 0 Å². The third kappa shape index (κ3) is 3.64. The first kappa shape index (κ1) is 27.6. The van der Waals surface area contributed by atoms with E-state index in [0.29, 0.717) is 5.95 Å². The molecule has 0 N–H and O–H groups in total. The fourth-order valence-electron chi connectivity index (χ4n) is 8.90. The van der Waals surface area contributed by atoms with E-state index in [-0.39, 0.29) is 5.41 Å². The number of rotatable bonds is 3. The fourth-order valence-corrected chi connectivity index (χ4v) is 8.90. The molecule has 0 bridgehead atoms. The van der Waals surface area contributed by atoms with Gasteiger partial charge in [-0.15, -0.1) is 0 Å². The van der Waals surface area contributed by atoms with Gasteiger partial charge in [-0.05, 0) is 85.6 Å². The van der Waals surface area contributed by atoms with E-state index in [1.807, 2.05) is 12.1 Å². The molecule has 7 aromatic carbocycles. The molecule has 2 aliphatic carbocycles. The lowest BCUT2D eigenvalue weighted by molar-refractivity contribution is 0.705. The van der Waals surface area contributed by atoms with Gasteiger partial charge in [0.25, 0.3) is 0 Å². The summed E-state index contributed by atoms with van der Waals surface area (Å²) < 4.78 is 2.23. The smallest absolute Gasteiger partial charge is 0.235 e. The zero-order chi connectivity index (χ0) is 33.1. The van der Waals surface area contributed by atoms with Crippen LogP contribution in [0.15, 0.2) is 152 Å². The predicted octanol–water partition coefficient (Wildman–Crippen LogP) is 11.8. The summed E-state index contributed by atoms with van der Waals surface area (Å²) in [5.74, 6) is 0.677. The Morgan fingerprint density at radius 3 is 2.06 bits per heavy atom. The van der Waals surface area contributed by atoms with E-state index in [1.54, 1.807) is 0 Å². The summed E-state index contributed by atoms with van der Waals surface area (Å²) in [5, 5.41) is 6.15. The molecule has 2 aromatic heterocycles. The largest absolute Gasteiger partial charge is 0.278 e. The lowest BCUT2D eigenvalue weighted by atomic mass is 9.77. The van der Waals surface area contributed by atoms with Crippen molar-refractivity contribution in [1.29, 1.82) is 0 Å². The van der Waals surface area contributed by atoms with Gasteiger partial charge in [-0.1, -0.05) is 135 Å². The molecule has 0 saturated carbocycles. The summed E-state index contributed by atoms with van der Waals surface area (Å²) in [6.07, 6.45) is 0. The second-order valence-corrected chi connectivity index (χ2v) is 14.2. The minimum absolute atomic E-state index is 0.113. The standard InChI is InChI=1S/C47H31N3/c1-47(2)38-27-31(22-24-33(38)43-35-18-10-14-28-15-11-19-36(42(28)35)44(43)47)30-23-25-41-37(26-30)32-16-7-9-21-40(32)50(41)46-48-39-20-8-6-17-34(39)45(49-46)29-12-4-3-5-13-29/h3-27H,1-2H3. The topological polar surface area (TPSA) is 30.7 Å². The summed E-state index contributed by atoms with van der Waals surface area (Å²) in [7, 11) is 0. The van der Waals surface area contributed by atoms with Gasteiger partial charge in [0, 0.05) is 27.1 Å². The molecule has 234 valence electrons. The number of hydrogen-bond donors (Lipinski definition) is 0. The van der Waals surface area contributed by atoms with E-state index in [4.69, 9.17) is 9.97 Å². The predicted molar refractivity (Wildman–Crippen MR) is 208 cm³/mol. The van der Waals surface area contributed by atoms with Gasteiger partial charge in [-0.2, -0.15) is 0 Å². The lowest BCUT2D eigenvalue weighted by Crippen LogP contribution is -2.16. The highest BCUT2D eigenvalue weighted by atomic mass is 15.2. The molecular formula is C47H31N3.